The van der Waals surface area contributed by atoms with Crippen molar-refractivity contribution >= 4 is 6.29 Å². The Morgan fingerprint density at radius 3 is 2.23 bits per heavy atom. The van der Waals surface area contributed by atoms with Gasteiger partial charge in [-0.2, -0.15) is 0 Å². The van der Waals surface area contributed by atoms with Gasteiger partial charge in [-0.3, -0.25) is 4.79 Å². The predicted octanol–water partition coefficient (Wildman–Crippen LogP) is 3.20. The Morgan fingerprint density at radius 2 is 1.77 bits per heavy atom. The lowest BCUT2D eigenvalue weighted by Gasteiger charge is -2.29. The maximum atomic E-state index is 10.1. The Bertz CT molecular complexity index is 174. The van der Waals surface area contributed by atoms with Gasteiger partial charge in [0.2, 0.25) is 0 Å². The largest absolute Gasteiger partial charge is 0.299 e. The third kappa shape index (κ3) is 3.33. The first-order chi connectivity index (χ1) is 6.24. The first-order valence-electron chi connectivity index (χ1n) is 5.36. The van der Waals surface area contributed by atoms with Gasteiger partial charge in [-0.05, 0) is 49.5 Å². The summed E-state index contributed by atoms with van der Waals surface area (Å²) in [7, 11) is 0. The van der Waals surface area contributed by atoms with E-state index in [1.165, 1.54) is 25.7 Å². The van der Waals surface area contributed by atoms with Crippen molar-refractivity contribution in [1.29, 1.82) is 0 Å². The van der Waals surface area contributed by atoms with Gasteiger partial charge in [0, 0.05) is 0 Å². The fourth-order valence-corrected chi connectivity index (χ4v) is 2.21. The van der Waals surface area contributed by atoms with Crippen LogP contribution in [0.2, 0.25) is 0 Å². The molecule has 74 valence electrons. The van der Waals surface area contributed by atoms with Gasteiger partial charge in [0.25, 0.3) is 0 Å². The highest BCUT2D eigenvalue weighted by atomic mass is 16.1. The molecule has 1 heteroatoms. The number of rotatable bonds is 3. The minimum Gasteiger partial charge on any atom is -0.299 e. The summed E-state index contributed by atoms with van der Waals surface area (Å²) in [5.41, 5.74) is 0. The first kappa shape index (κ1) is 10.5. The van der Waals surface area contributed by atoms with Crippen molar-refractivity contribution in [3.63, 3.8) is 0 Å². The molecule has 0 spiro atoms. The summed E-state index contributed by atoms with van der Waals surface area (Å²) in [6.07, 6.45) is 9.83. The monoisotopic (exact) mass is 180 g/mol. The first-order valence-corrected chi connectivity index (χ1v) is 5.36. The van der Waals surface area contributed by atoms with Crippen LogP contribution in [-0.2, 0) is 4.79 Å². The maximum Gasteiger partial charge on any atom is 0.142 e. The number of allylic oxidation sites excluding steroid dienone is 2. The van der Waals surface area contributed by atoms with E-state index in [9.17, 15) is 4.79 Å². The van der Waals surface area contributed by atoms with Gasteiger partial charge >= 0.3 is 0 Å². The highest BCUT2D eigenvalue weighted by molar-refractivity contribution is 5.64. The summed E-state index contributed by atoms with van der Waals surface area (Å²) >= 11 is 0. The van der Waals surface area contributed by atoms with Crippen LogP contribution in [0.1, 0.15) is 39.5 Å². The van der Waals surface area contributed by atoms with Crippen LogP contribution < -0.4 is 0 Å². The third-order valence-electron chi connectivity index (χ3n) is 3.22. The molecule has 1 saturated carbocycles. The molecule has 0 heterocycles. The molecule has 1 aliphatic carbocycles. The number of hydrogen-bond donors (Lipinski definition) is 0. The average molecular weight is 180 g/mol. The number of carbonyl (C=O) groups is 1. The van der Waals surface area contributed by atoms with Crippen molar-refractivity contribution < 1.29 is 4.79 Å². The molecule has 0 radical (unpaired) electrons. The Morgan fingerprint density at radius 1 is 1.15 bits per heavy atom. The zero-order valence-electron chi connectivity index (χ0n) is 8.70. The molecule has 0 unspecified atom stereocenters. The molecule has 1 fully saturated rings. The highest BCUT2D eigenvalue weighted by Crippen LogP contribution is 2.33. The number of aldehydes is 1. The van der Waals surface area contributed by atoms with Crippen molar-refractivity contribution in [3.8, 4) is 0 Å². The normalized spacial score (nSPS) is 29.8. The SMILES string of the molecule is CC(C)C1CCC(/C=C/C=O)CC1. The summed E-state index contributed by atoms with van der Waals surface area (Å²) < 4.78 is 0. The molecule has 0 N–H and O–H groups in total. The van der Waals surface area contributed by atoms with Crippen LogP contribution in [0.15, 0.2) is 12.2 Å². The zero-order chi connectivity index (χ0) is 9.68. The fourth-order valence-electron chi connectivity index (χ4n) is 2.21. The summed E-state index contributed by atoms with van der Waals surface area (Å²) in [4.78, 5) is 10.1. The van der Waals surface area contributed by atoms with Crippen LogP contribution in [0.5, 0.6) is 0 Å². The second-order valence-electron chi connectivity index (χ2n) is 4.44. The highest BCUT2D eigenvalue weighted by Gasteiger charge is 2.21. The van der Waals surface area contributed by atoms with Crippen LogP contribution in [0.4, 0.5) is 0 Å². The van der Waals surface area contributed by atoms with E-state index in [1.807, 2.05) is 0 Å². The second kappa shape index (κ2) is 5.21. The van der Waals surface area contributed by atoms with Crippen molar-refractivity contribution in [2.75, 3.05) is 0 Å². The molecular formula is C12H20O. The molecule has 0 atom stereocenters. The summed E-state index contributed by atoms with van der Waals surface area (Å²) in [6.45, 7) is 4.62. The van der Waals surface area contributed by atoms with Crippen LogP contribution >= 0.6 is 0 Å². The van der Waals surface area contributed by atoms with E-state index in [2.05, 4.69) is 19.9 Å². The van der Waals surface area contributed by atoms with E-state index in [-0.39, 0.29) is 0 Å². The van der Waals surface area contributed by atoms with Crippen molar-refractivity contribution in [1.82, 2.24) is 0 Å². The third-order valence-corrected chi connectivity index (χ3v) is 3.22. The predicted molar refractivity (Wildman–Crippen MR) is 55.5 cm³/mol. The van der Waals surface area contributed by atoms with Crippen LogP contribution in [0.25, 0.3) is 0 Å². The van der Waals surface area contributed by atoms with Crippen LogP contribution in [0.3, 0.4) is 0 Å². The molecule has 0 saturated heterocycles. The topological polar surface area (TPSA) is 17.1 Å². The molecule has 0 aromatic heterocycles. The Kier molecular flexibility index (Phi) is 4.20. The lowest BCUT2D eigenvalue weighted by Crippen LogP contribution is -2.17. The fraction of sp³-hybridized carbons (Fsp3) is 0.750. The Hall–Kier alpha value is -0.590. The minimum absolute atomic E-state index is 0.667. The molecule has 0 amide bonds. The average Bonchev–Trinajstić information content (AvgIpc) is 2.15. The summed E-state index contributed by atoms with van der Waals surface area (Å²) in [5, 5.41) is 0. The zero-order valence-corrected chi connectivity index (χ0v) is 8.70. The lowest BCUT2D eigenvalue weighted by molar-refractivity contribution is -0.104. The van der Waals surface area contributed by atoms with Crippen molar-refractivity contribution in [3.05, 3.63) is 12.2 Å². The van der Waals surface area contributed by atoms with E-state index < -0.39 is 0 Å². The van der Waals surface area contributed by atoms with Gasteiger partial charge < -0.3 is 0 Å². The van der Waals surface area contributed by atoms with E-state index in [0.29, 0.717) is 5.92 Å². The molecule has 1 aliphatic rings. The standard InChI is InChI=1S/C12H20O/c1-10(2)12-7-5-11(6-8-12)4-3-9-13/h3-4,9-12H,5-8H2,1-2H3/b4-3+. The molecule has 1 rings (SSSR count). The molecule has 0 aromatic carbocycles. The molecule has 0 aromatic rings. The molecule has 0 bridgehead atoms. The van der Waals surface area contributed by atoms with Crippen LogP contribution in [0, 0.1) is 17.8 Å². The van der Waals surface area contributed by atoms with Gasteiger partial charge in [0.1, 0.15) is 6.29 Å². The van der Waals surface area contributed by atoms with Gasteiger partial charge in [0.05, 0.1) is 0 Å². The Balaban J connectivity index is 2.30. The summed E-state index contributed by atoms with van der Waals surface area (Å²) in [5.74, 6) is 2.41. The molecular weight excluding hydrogens is 160 g/mol. The molecule has 13 heavy (non-hydrogen) atoms. The minimum atomic E-state index is 0.667. The van der Waals surface area contributed by atoms with E-state index >= 15 is 0 Å². The maximum absolute atomic E-state index is 10.1. The van der Waals surface area contributed by atoms with E-state index in [0.717, 1.165) is 18.1 Å². The van der Waals surface area contributed by atoms with Crippen molar-refractivity contribution in [2.24, 2.45) is 17.8 Å². The Labute approximate surface area is 81.2 Å². The van der Waals surface area contributed by atoms with E-state index in [4.69, 9.17) is 0 Å². The number of carbonyl (C=O) groups excluding carboxylic acids is 1. The smallest absolute Gasteiger partial charge is 0.142 e. The van der Waals surface area contributed by atoms with Gasteiger partial charge in [-0.15, -0.1) is 0 Å². The lowest BCUT2D eigenvalue weighted by atomic mass is 9.77. The quantitative estimate of drug-likeness (QED) is 0.481. The summed E-state index contributed by atoms with van der Waals surface area (Å²) in [6, 6.07) is 0. The van der Waals surface area contributed by atoms with Crippen LogP contribution in [-0.4, -0.2) is 6.29 Å². The van der Waals surface area contributed by atoms with Gasteiger partial charge in [-0.25, -0.2) is 0 Å². The molecule has 0 aliphatic heterocycles. The van der Waals surface area contributed by atoms with Gasteiger partial charge in [0.15, 0.2) is 0 Å². The van der Waals surface area contributed by atoms with Gasteiger partial charge in [-0.1, -0.05) is 19.9 Å². The van der Waals surface area contributed by atoms with E-state index in [1.54, 1.807) is 6.08 Å². The second-order valence-corrected chi connectivity index (χ2v) is 4.44. The number of hydrogen-bond acceptors (Lipinski definition) is 1. The van der Waals surface area contributed by atoms with Crippen molar-refractivity contribution in [2.45, 2.75) is 39.5 Å². The molecule has 1 nitrogen and oxygen atoms in total.